The van der Waals surface area contributed by atoms with Crippen LogP contribution in [0.15, 0.2) is 42.5 Å². The number of nitrogens with one attached hydrogen (secondary N) is 2. The lowest BCUT2D eigenvalue weighted by Gasteiger charge is -2.35. The molecule has 2 aromatic carbocycles. The standard InChI is InChI=1S/C26H38N2P2/c1-26(2,3)25-21(19-9-5-4-6-10-19)14-13-20(17-29)22(25)18-30(23-11-7-15-27-23)24-12-8-16-28-24/h4-6,9-10,13-14,23-24,27-28H,7-8,11-12,15-18,29H2,1-3H3. The molecule has 2 nitrogen and oxygen atoms in total. The van der Waals surface area contributed by atoms with Gasteiger partial charge in [0, 0.05) is 11.6 Å². The summed E-state index contributed by atoms with van der Waals surface area (Å²) in [6, 6.07) is 15.8. The third-order valence-corrected chi connectivity index (χ3v) is 10.3. The van der Waals surface area contributed by atoms with Crippen molar-refractivity contribution < 1.29 is 0 Å². The fourth-order valence-electron chi connectivity index (χ4n) is 5.30. The van der Waals surface area contributed by atoms with Crippen molar-refractivity contribution in [2.45, 2.75) is 75.8 Å². The zero-order chi connectivity index (χ0) is 21.1. The van der Waals surface area contributed by atoms with Crippen molar-refractivity contribution in [3.8, 4) is 11.1 Å². The quantitative estimate of drug-likeness (QED) is 0.506. The number of benzene rings is 2. The van der Waals surface area contributed by atoms with E-state index < -0.39 is 0 Å². The summed E-state index contributed by atoms with van der Waals surface area (Å²) in [6.45, 7) is 9.59. The molecule has 0 aliphatic carbocycles. The summed E-state index contributed by atoms with van der Waals surface area (Å²) >= 11 is 0. The molecule has 3 atom stereocenters. The van der Waals surface area contributed by atoms with E-state index in [4.69, 9.17) is 0 Å². The molecule has 2 aromatic rings. The van der Waals surface area contributed by atoms with Crippen LogP contribution in [-0.4, -0.2) is 24.7 Å². The van der Waals surface area contributed by atoms with Crippen molar-refractivity contribution in [2.75, 3.05) is 13.1 Å². The first-order valence-corrected chi connectivity index (χ1v) is 14.1. The second-order valence-corrected chi connectivity index (χ2v) is 12.8. The summed E-state index contributed by atoms with van der Waals surface area (Å²) in [5, 5.41) is 7.76. The van der Waals surface area contributed by atoms with Crippen LogP contribution in [0.3, 0.4) is 0 Å². The predicted octanol–water partition coefficient (Wildman–Crippen LogP) is 6.43. The maximum atomic E-state index is 3.88. The van der Waals surface area contributed by atoms with E-state index in [1.54, 1.807) is 11.1 Å². The molecule has 0 aromatic heterocycles. The van der Waals surface area contributed by atoms with Crippen molar-refractivity contribution in [1.29, 1.82) is 0 Å². The van der Waals surface area contributed by atoms with Crippen molar-refractivity contribution in [3.63, 3.8) is 0 Å². The predicted molar refractivity (Wildman–Crippen MR) is 137 cm³/mol. The Balaban J connectivity index is 1.82. The van der Waals surface area contributed by atoms with Gasteiger partial charge in [-0.05, 0) is 84.3 Å². The second-order valence-electron chi connectivity index (χ2n) is 9.84. The lowest BCUT2D eigenvalue weighted by atomic mass is 9.78. The molecule has 2 heterocycles. The van der Waals surface area contributed by atoms with Crippen LogP contribution in [0.2, 0.25) is 0 Å². The minimum atomic E-state index is -0.137. The third kappa shape index (κ3) is 4.83. The van der Waals surface area contributed by atoms with Crippen molar-refractivity contribution in [1.82, 2.24) is 10.6 Å². The van der Waals surface area contributed by atoms with Crippen LogP contribution in [0.4, 0.5) is 0 Å². The number of rotatable bonds is 6. The monoisotopic (exact) mass is 440 g/mol. The van der Waals surface area contributed by atoms with Gasteiger partial charge in [-0.3, -0.25) is 0 Å². The summed E-state index contributed by atoms with van der Waals surface area (Å²) < 4.78 is 0. The first-order chi connectivity index (χ1) is 14.5. The Bertz CT molecular complexity index is 816. The van der Waals surface area contributed by atoms with Gasteiger partial charge in [0.05, 0.1) is 0 Å². The SMILES string of the molecule is CC(C)(C)c1c(-c2ccccc2)ccc(CP)c1CP(C1CCCN1)C1CCCN1. The van der Waals surface area contributed by atoms with Gasteiger partial charge >= 0.3 is 0 Å². The van der Waals surface area contributed by atoms with Crippen LogP contribution >= 0.6 is 17.2 Å². The molecule has 0 bridgehead atoms. The third-order valence-electron chi connectivity index (χ3n) is 6.67. The van der Waals surface area contributed by atoms with Gasteiger partial charge in [0.1, 0.15) is 0 Å². The average molecular weight is 441 g/mol. The zero-order valence-electron chi connectivity index (χ0n) is 18.9. The summed E-state index contributed by atoms with van der Waals surface area (Å²) in [4.78, 5) is 0. The smallest absolute Gasteiger partial charge is 0.0286 e. The normalized spacial score (nSPS) is 23.1. The average Bonchev–Trinajstić information content (AvgIpc) is 3.45. The van der Waals surface area contributed by atoms with Gasteiger partial charge in [0.15, 0.2) is 0 Å². The lowest BCUT2D eigenvalue weighted by Crippen LogP contribution is -2.30. The fraction of sp³-hybridized carbons (Fsp3) is 0.538. The van der Waals surface area contributed by atoms with Gasteiger partial charge in [-0.25, -0.2) is 0 Å². The summed E-state index contributed by atoms with van der Waals surface area (Å²) in [5.41, 5.74) is 7.61. The first-order valence-electron chi connectivity index (χ1n) is 11.6. The molecule has 4 rings (SSSR count). The molecule has 0 spiro atoms. The number of hydrogen-bond acceptors (Lipinski definition) is 2. The molecule has 0 saturated carbocycles. The Morgan fingerprint density at radius 1 is 0.933 bits per heavy atom. The zero-order valence-corrected chi connectivity index (χ0v) is 20.9. The van der Waals surface area contributed by atoms with E-state index in [2.05, 4.69) is 83.1 Å². The highest BCUT2D eigenvalue weighted by Gasteiger charge is 2.35. The Kier molecular flexibility index (Phi) is 7.31. The molecule has 2 fully saturated rings. The van der Waals surface area contributed by atoms with Gasteiger partial charge in [0.2, 0.25) is 0 Å². The van der Waals surface area contributed by atoms with E-state index >= 15 is 0 Å². The molecule has 4 heteroatoms. The highest BCUT2D eigenvalue weighted by atomic mass is 31.1. The molecule has 0 amide bonds. The van der Waals surface area contributed by atoms with Gasteiger partial charge < -0.3 is 10.6 Å². The van der Waals surface area contributed by atoms with E-state index in [-0.39, 0.29) is 13.3 Å². The molecular formula is C26H38N2P2. The second kappa shape index (κ2) is 9.79. The van der Waals surface area contributed by atoms with Crippen LogP contribution in [0.1, 0.15) is 63.1 Å². The maximum Gasteiger partial charge on any atom is 0.0286 e. The van der Waals surface area contributed by atoms with Gasteiger partial charge in [-0.2, -0.15) is 0 Å². The number of hydrogen-bond donors (Lipinski definition) is 2. The van der Waals surface area contributed by atoms with Crippen LogP contribution < -0.4 is 10.6 Å². The molecule has 2 saturated heterocycles. The largest absolute Gasteiger partial charge is 0.310 e. The van der Waals surface area contributed by atoms with Crippen LogP contribution in [0.25, 0.3) is 11.1 Å². The first kappa shape index (κ1) is 22.4. The van der Waals surface area contributed by atoms with Crippen LogP contribution in [0, 0.1) is 0 Å². The van der Waals surface area contributed by atoms with Crippen molar-refractivity contribution >= 4 is 17.2 Å². The molecule has 2 N–H and O–H groups in total. The lowest BCUT2D eigenvalue weighted by molar-refractivity contribution is 0.586. The van der Waals surface area contributed by atoms with Crippen molar-refractivity contribution in [3.05, 3.63) is 59.2 Å². The summed E-state index contributed by atoms with van der Waals surface area (Å²) in [6.07, 6.45) is 7.65. The minimum absolute atomic E-state index is 0.115. The Morgan fingerprint density at radius 3 is 2.07 bits per heavy atom. The van der Waals surface area contributed by atoms with Gasteiger partial charge in [-0.1, -0.05) is 71.2 Å². The highest BCUT2D eigenvalue weighted by molar-refractivity contribution is 7.58. The highest BCUT2D eigenvalue weighted by Crippen LogP contribution is 2.54. The van der Waals surface area contributed by atoms with E-state index in [9.17, 15) is 0 Å². The van der Waals surface area contributed by atoms with Gasteiger partial charge in [0.25, 0.3) is 0 Å². The molecule has 2 aliphatic rings. The summed E-state index contributed by atoms with van der Waals surface area (Å²) in [5.74, 6) is 1.42. The molecule has 3 unspecified atom stereocenters. The fourth-order valence-corrected chi connectivity index (χ4v) is 9.04. The van der Waals surface area contributed by atoms with E-state index in [1.165, 1.54) is 61.6 Å². The van der Waals surface area contributed by atoms with E-state index in [1.807, 2.05) is 0 Å². The van der Waals surface area contributed by atoms with Crippen LogP contribution in [0.5, 0.6) is 0 Å². The molecular weight excluding hydrogens is 402 g/mol. The van der Waals surface area contributed by atoms with E-state index in [0.29, 0.717) is 11.6 Å². The summed E-state index contributed by atoms with van der Waals surface area (Å²) in [7, 11) is 2.86. The Morgan fingerprint density at radius 2 is 1.57 bits per heavy atom. The minimum Gasteiger partial charge on any atom is -0.310 e. The molecule has 2 aliphatic heterocycles. The Hall–Kier alpha value is -0.780. The Labute approximate surface area is 187 Å². The van der Waals surface area contributed by atoms with Crippen LogP contribution in [-0.2, 0) is 17.7 Å². The van der Waals surface area contributed by atoms with Gasteiger partial charge in [-0.15, -0.1) is 9.24 Å². The van der Waals surface area contributed by atoms with Crippen molar-refractivity contribution in [2.24, 2.45) is 0 Å². The molecule has 0 radical (unpaired) electrons. The van der Waals surface area contributed by atoms with E-state index in [0.717, 1.165) is 6.16 Å². The molecule has 30 heavy (non-hydrogen) atoms. The topological polar surface area (TPSA) is 24.1 Å². The molecule has 162 valence electrons. The maximum absolute atomic E-state index is 3.88.